The van der Waals surface area contributed by atoms with Gasteiger partial charge >= 0.3 is 6.09 Å². The van der Waals surface area contributed by atoms with E-state index in [9.17, 15) is 14.9 Å². The summed E-state index contributed by atoms with van der Waals surface area (Å²) in [6, 6.07) is 7.99. The van der Waals surface area contributed by atoms with Crippen LogP contribution in [0.25, 0.3) is 10.9 Å². The van der Waals surface area contributed by atoms with Crippen molar-refractivity contribution in [2.45, 2.75) is 32.9 Å². The van der Waals surface area contributed by atoms with E-state index in [-0.39, 0.29) is 5.69 Å². The van der Waals surface area contributed by atoms with Crippen LogP contribution in [-0.2, 0) is 11.3 Å². The zero-order chi connectivity index (χ0) is 17.2. The third kappa shape index (κ3) is 4.38. The van der Waals surface area contributed by atoms with E-state index < -0.39 is 16.6 Å². The van der Waals surface area contributed by atoms with Crippen molar-refractivity contribution in [3.05, 3.63) is 46.1 Å². The Hall–Kier alpha value is -2.70. The van der Waals surface area contributed by atoms with Gasteiger partial charge in [0, 0.05) is 24.6 Å². The fraction of sp³-hybridized carbons (Fsp3) is 0.375. The van der Waals surface area contributed by atoms with E-state index in [0.717, 1.165) is 0 Å². The average Bonchev–Trinajstić information content (AvgIpc) is 2.44. The molecule has 0 bridgehead atoms. The van der Waals surface area contributed by atoms with E-state index in [0.29, 0.717) is 23.1 Å². The molecular weight excluding hydrogens is 298 g/mol. The zero-order valence-electron chi connectivity index (χ0n) is 13.6. The lowest BCUT2D eigenvalue weighted by molar-refractivity contribution is -0.384. The van der Waals surface area contributed by atoms with Crippen molar-refractivity contribution in [2.24, 2.45) is 0 Å². The Balaban J connectivity index is 2.16. The molecule has 2 aromatic rings. The summed E-state index contributed by atoms with van der Waals surface area (Å²) in [5.74, 6) is 0. The molecule has 7 heteroatoms. The third-order valence-corrected chi connectivity index (χ3v) is 3.05. The van der Waals surface area contributed by atoms with Gasteiger partial charge in [0.15, 0.2) is 0 Å². The van der Waals surface area contributed by atoms with E-state index in [2.05, 4.69) is 4.98 Å². The van der Waals surface area contributed by atoms with Crippen LogP contribution < -0.4 is 0 Å². The SMILES string of the molecule is CN(Cc1ccc2cc([N+](=O)[O-])ccc2n1)C(=O)OC(C)(C)C. The number of nitro benzene ring substituents is 1. The maximum absolute atomic E-state index is 11.9. The second-order valence-electron chi connectivity index (χ2n) is 6.27. The van der Waals surface area contributed by atoms with E-state index >= 15 is 0 Å². The van der Waals surface area contributed by atoms with Gasteiger partial charge in [-0.15, -0.1) is 0 Å². The molecule has 0 atom stereocenters. The first-order chi connectivity index (χ1) is 10.7. The number of rotatable bonds is 3. The summed E-state index contributed by atoms with van der Waals surface area (Å²) in [6.07, 6.45) is -0.428. The van der Waals surface area contributed by atoms with Crippen LogP contribution in [0.1, 0.15) is 26.5 Å². The number of fused-ring (bicyclic) bond motifs is 1. The van der Waals surface area contributed by atoms with Gasteiger partial charge in [0.05, 0.1) is 22.7 Å². The normalized spacial score (nSPS) is 11.3. The van der Waals surface area contributed by atoms with E-state index in [1.54, 1.807) is 46.0 Å². The van der Waals surface area contributed by atoms with Crippen LogP contribution in [0.15, 0.2) is 30.3 Å². The minimum Gasteiger partial charge on any atom is -0.444 e. The summed E-state index contributed by atoms with van der Waals surface area (Å²) in [4.78, 5) is 28.1. The number of nitrogens with zero attached hydrogens (tertiary/aromatic N) is 3. The summed E-state index contributed by atoms with van der Waals surface area (Å²) < 4.78 is 5.29. The Morgan fingerprint density at radius 1 is 1.30 bits per heavy atom. The molecule has 0 aliphatic carbocycles. The number of hydrogen-bond donors (Lipinski definition) is 0. The monoisotopic (exact) mass is 317 g/mol. The number of pyridine rings is 1. The van der Waals surface area contributed by atoms with Crippen LogP contribution in [0.4, 0.5) is 10.5 Å². The van der Waals surface area contributed by atoms with Crippen LogP contribution in [0.2, 0.25) is 0 Å². The largest absolute Gasteiger partial charge is 0.444 e. The van der Waals surface area contributed by atoms with Crippen LogP contribution in [-0.4, -0.2) is 33.5 Å². The van der Waals surface area contributed by atoms with Crippen molar-refractivity contribution in [1.29, 1.82) is 0 Å². The maximum Gasteiger partial charge on any atom is 0.410 e. The van der Waals surface area contributed by atoms with Gasteiger partial charge < -0.3 is 9.64 Å². The number of carbonyl (C=O) groups is 1. The smallest absolute Gasteiger partial charge is 0.410 e. The minimum absolute atomic E-state index is 0.0259. The highest BCUT2D eigenvalue weighted by Gasteiger charge is 2.20. The Labute approximate surface area is 134 Å². The number of carbonyl (C=O) groups excluding carboxylic acids is 1. The number of non-ortho nitro benzene ring substituents is 1. The highest BCUT2D eigenvalue weighted by Crippen LogP contribution is 2.20. The van der Waals surface area contributed by atoms with Gasteiger partial charge in [-0.3, -0.25) is 15.1 Å². The zero-order valence-corrected chi connectivity index (χ0v) is 13.6. The lowest BCUT2D eigenvalue weighted by Crippen LogP contribution is -2.34. The van der Waals surface area contributed by atoms with E-state index in [1.807, 2.05) is 0 Å². The van der Waals surface area contributed by atoms with Crippen LogP contribution in [0, 0.1) is 10.1 Å². The Morgan fingerprint density at radius 3 is 2.61 bits per heavy atom. The van der Waals surface area contributed by atoms with E-state index in [1.165, 1.54) is 17.0 Å². The van der Waals surface area contributed by atoms with Gasteiger partial charge in [0.25, 0.3) is 5.69 Å². The van der Waals surface area contributed by atoms with Gasteiger partial charge in [0.1, 0.15) is 5.60 Å². The first-order valence-corrected chi connectivity index (χ1v) is 7.14. The van der Waals surface area contributed by atoms with Crippen molar-refractivity contribution in [3.63, 3.8) is 0 Å². The van der Waals surface area contributed by atoms with Crippen molar-refractivity contribution in [3.8, 4) is 0 Å². The molecule has 0 N–H and O–H groups in total. The molecule has 0 aliphatic heterocycles. The lowest BCUT2D eigenvalue weighted by atomic mass is 10.2. The predicted molar refractivity (Wildman–Crippen MR) is 86.1 cm³/mol. The fourth-order valence-corrected chi connectivity index (χ4v) is 2.00. The summed E-state index contributed by atoms with van der Waals surface area (Å²) in [6.45, 7) is 5.71. The number of benzene rings is 1. The minimum atomic E-state index is -0.554. The summed E-state index contributed by atoms with van der Waals surface area (Å²) in [7, 11) is 1.63. The molecule has 0 fully saturated rings. The van der Waals surface area contributed by atoms with E-state index in [4.69, 9.17) is 4.74 Å². The molecule has 122 valence electrons. The topological polar surface area (TPSA) is 85.6 Å². The van der Waals surface area contributed by atoms with Gasteiger partial charge in [-0.1, -0.05) is 6.07 Å². The Morgan fingerprint density at radius 2 is 2.00 bits per heavy atom. The molecule has 0 radical (unpaired) electrons. The molecule has 2 rings (SSSR count). The molecule has 0 saturated carbocycles. The standard InChI is InChI=1S/C16H19N3O4/c1-16(2,3)23-15(20)18(4)10-12-6-5-11-9-13(19(21)22)7-8-14(11)17-12/h5-9H,10H2,1-4H3. The average molecular weight is 317 g/mol. The maximum atomic E-state index is 11.9. The van der Waals surface area contributed by atoms with Crippen molar-refractivity contribution in [1.82, 2.24) is 9.88 Å². The van der Waals surface area contributed by atoms with Crippen molar-refractivity contribution >= 4 is 22.7 Å². The molecule has 7 nitrogen and oxygen atoms in total. The first-order valence-electron chi connectivity index (χ1n) is 7.14. The first kappa shape index (κ1) is 16.7. The second-order valence-corrected chi connectivity index (χ2v) is 6.27. The second kappa shape index (κ2) is 6.20. The molecule has 0 aliphatic rings. The van der Waals surface area contributed by atoms with Gasteiger partial charge in [-0.25, -0.2) is 4.79 Å². The quantitative estimate of drug-likeness (QED) is 0.638. The fourth-order valence-electron chi connectivity index (χ4n) is 2.00. The third-order valence-electron chi connectivity index (χ3n) is 3.05. The summed E-state index contributed by atoms with van der Waals surface area (Å²) in [5, 5.41) is 11.5. The molecule has 0 saturated heterocycles. The molecule has 0 spiro atoms. The molecule has 1 aromatic heterocycles. The molecule has 1 amide bonds. The Kier molecular flexibility index (Phi) is 4.49. The predicted octanol–water partition coefficient (Wildman–Crippen LogP) is 3.51. The molecule has 1 aromatic carbocycles. The summed E-state index contributed by atoms with van der Waals surface area (Å²) >= 11 is 0. The number of hydrogen-bond acceptors (Lipinski definition) is 5. The van der Waals surface area contributed by atoms with Crippen LogP contribution in [0.5, 0.6) is 0 Å². The Bertz CT molecular complexity index is 753. The number of ether oxygens (including phenoxy) is 1. The number of amides is 1. The van der Waals surface area contributed by atoms with Crippen molar-refractivity contribution < 1.29 is 14.5 Å². The highest BCUT2D eigenvalue weighted by atomic mass is 16.6. The molecule has 1 heterocycles. The van der Waals surface area contributed by atoms with Crippen LogP contribution >= 0.6 is 0 Å². The molecular formula is C16H19N3O4. The summed E-state index contributed by atoms with van der Waals surface area (Å²) in [5.41, 5.74) is 0.796. The van der Waals surface area contributed by atoms with Crippen LogP contribution in [0.3, 0.4) is 0 Å². The van der Waals surface area contributed by atoms with Gasteiger partial charge in [-0.2, -0.15) is 0 Å². The highest BCUT2D eigenvalue weighted by molar-refractivity contribution is 5.81. The van der Waals surface area contributed by atoms with Crippen molar-refractivity contribution in [2.75, 3.05) is 7.05 Å². The number of nitro groups is 1. The van der Waals surface area contributed by atoms with Gasteiger partial charge in [0.2, 0.25) is 0 Å². The van der Waals surface area contributed by atoms with Gasteiger partial charge in [-0.05, 0) is 32.9 Å². The lowest BCUT2D eigenvalue weighted by Gasteiger charge is -2.24. The number of aromatic nitrogens is 1. The molecule has 0 unspecified atom stereocenters. The molecule has 23 heavy (non-hydrogen) atoms.